The zero-order valence-electron chi connectivity index (χ0n) is 21.2. The highest BCUT2D eigenvalue weighted by Crippen LogP contribution is 2.35. The quantitative estimate of drug-likeness (QED) is 0.280. The van der Waals surface area contributed by atoms with Gasteiger partial charge in [-0.05, 0) is 30.3 Å². The molecule has 4 aromatic rings. The number of amides is 2. The highest BCUT2D eigenvalue weighted by Gasteiger charge is 2.31. The van der Waals surface area contributed by atoms with Crippen LogP contribution in [0.3, 0.4) is 0 Å². The number of hydrogen-bond donors (Lipinski definition) is 3. The number of morpholine rings is 1. The van der Waals surface area contributed by atoms with Crippen LogP contribution in [0, 0.1) is 17.5 Å². The topological polar surface area (TPSA) is 110 Å². The van der Waals surface area contributed by atoms with Gasteiger partial charge in [0.05, 0.1) is 30.2 Å². The number of carbonyl (C=O) groups excluding carboxylic acids is 1. The van der Waals surface area contributed by atoms with E-state index in [0.717, 1.165) is 19.2 Å². The van der Waals surface area contributed by atoms with E-state index in [1.165, 1.54) is 10.8 Å². The van der Waals surface area contributed by atoms with Crippen LogP contribution in [0.5, 0.6) is 0 Å². The van der Waals surface area contributed by atoms with E-state index in [1.54, 1.807) is 6.07 Å². The predicted molar refractivity (Wildman–Crippen MR) is 138 cm³/mol. The van der Waals surface area contributed by atoms with Gasteiger partial charge in [0.1, 0.15) is 29.3 Å². The normalized spacial score (nSPS) is 14.4. The molecule has 41 heavy (non-hydrogen) atoms. The molecule has 0 atom stereocenters. The van der Waals surface area contributed by atoms with Crippen LogP contribution in [0.15, 0.2) is 42.7 Å². The van der Waals surface area contributed by atoms with E-state index in [1.807, 2.05) is 10.6 Å². The lowest BCUT2D eigenvalue weighted by atomic mass is 10.0. The average Bonchev–Trinajstić information content (AvgIpc) is 3.30. The molecular formula is C26H23F6N7O2. The molecule has 0 radical (unpaired) electrons. The molecule has 1 saturated heterocycles. The summed E-state index contributed by atoms with van der Waals surface area (Å²) in [4.78, 5) is 18.5. The number of halogens is 6. The number of hydrogen-bond acceptors (Lipinski definition) is 6. The predicted octanol–water partition coefficient (Wildman–Crippen LogP) is 4.93. The number of aromatic nitrogens is 3. The van der Waals surface area contributed by atoms with Gasteiger partial charge in [0.2, 0.25) is 0 Å². The van der Waals surface area contributed by atoms with E-state index < -0.39 is 46.6 Å². The molecule has 0 spiro atoms. The molecule has 0 aliphatic carbocycles. The number of anilines is 3. The SMILES string of the molecule is Nc1ncnn2c(CCN3CCOCC3)cc(-c3cc(F)c(NC(=O)Nc4cc(C(F)(F)F)ccc4F)cc3F)c12. The smallest absolute Gasteiger partial charge is 0.382 e. The van der Waals surface area contributed by atoms with Crippen LogP contribution in [0.1, 0.15) is 11.3 Å². The second-order valence-corrected chi connectivity index (χ2v) is 9.24. The number of urea groups is 1. The summed E-state index contributed by atoms with van der Waals surface area (Å²) in [6, 6.07) is 3.30. The second-order valence-electron chi connectivity index (χ2n) is 9.24. The van der Waals surface area contributed by atoms with Gasteiger partial charge in [-0.25, -0.2) is 27.5 Å². The van der Waals surface area contributed by atoms with Crippen LogP contribution in [-0.4, -0.2) is 58.4 Å². The number of nitrogens with one attached hydrogen (secondary N) is 2. The third-order valence-electron chi connectivity index (χ3n) is 6.58. The van der Waals surface area contributed by atoms with Gasteiger partial charge < -0.3 is 21.1 Å². The van der Waals surface area contributed by atoms with Crippen LogP contribution < -0.4 is 16.4 Å². The number of carbonyl (C=O) groups is 1. The Balaban J connectivity index is 1.40. The lowest BCUT2D eigenvalue weighted by molar-refractivity contribution is -0.137. The first-order valence-electron chi connectivity index (χ1n) is 12.4. The summed E-state index contributed by atoms with van der Waals surface area (Å²) in [6.45, 7) is 3.42. The van der Waals surface area contributed by atoms with Crippen molar-refractivity contribution in [3.8, 4) is 11.1 Å². The zero-order chi connectivity index (χ0) is 29.3. The number of nitrogens with zero attached hydrogens (tertiary/aromatic N) is 4. The van der Waals surface area contributed by atoms with Gasteiger partial charge in [0.25, 0.3) is 0 Å². The summed E-state index contributed by atoms with van der Waals surface area (Å²) in [6.07, 6.45) is -3.01. The van der Waals surface area contributed by atoms with E-state index >= 15 is 8.78 Å². The molecule has 2 aromatic heterocycles. The maximum absolute atomic E-state index is 15.4. The van der Waals surface area contributed by atoms with Crippen LogP contribution in [0.25, 0.3) is 16.6 Å². The molecule has 1 aliphatic heterocycles. The van der Waals surface area contributed by atoms with Crippen molar-refractivity contribution in [1.29, 1.82) is 0 Å². The Bertz CT molecular complexity index is 1600. The van der Waals surface area contributed by atoms with E-state index in [-0.39, 0.29) is 22.5 Å². The minimum Gasteiger partial charge on any atom is -0.382 e. The Kier molecular flexibility index (Phi) is 7.73. The number of fused-ring (bicyclic) bond motifs is 1. The Labute approximate surface area is 228 Å². The Morgan fingerprint density at radius 3 is 2.37 bits per heavy atom. The third kappa shape index (κ3) is 6.05. The average molecular weight is 580 g/mol. The number of alkyl halides is 3. The highest BCUT2D eigenvalue weighted by molar-refractivity contribution is 6.00. The highest BCUT2D eigenvalue weighted by atomic mass is 19.4. The molecular weight excluding hydrogens is 556 g/mol. The van der Waals surface area contributed by atoms with E-state index in [9.17, 15) is 22.4 Å². The van der Waals surface area contributed by atoms with Crippen LogP contribution >= 0.6 is 0 Å². The summed E-state index contributed by atoms with van der Waals surface area (Å²) in [7, 11) is 0. The molecule has 2 amide bonds. The van der Waals surface area contributed by atoms with Crippen LogP contribution in [0.2, 0.25) is 0 Å². The van der Waals surface area contributed by atoms with Gasteiger partial charge in [-0.3, -0.25) is 4.90 Å². The molecule has 1 aliphatic rings. The van der Waals surface area contributed by atoms with Gasteiger partial charge in [0.15, 0.2) is 5.82 Å². The van der Waals surface area contributed by atoms with Crippen molar-refractivity contribution in [3.05, 3.63) is 71.4 Å². The fourth-order valence-corrected chi connectivity index (χ4v) is 4.54. The minimum atomic E-state index is -4.79. The van der Waals surface area contributed by atoms with Crippen LogP contribution in [-0.2, 0) is 17.3 Å². The lowest BCUT2D eigenvalue weighted by Gasteiger charge is -2.26. The van der Waals surface area contributed by atoms with E-state index in [0.29, 0.717) is 56.1 Å². The molecule has 2 aromatic carbocycles. The maximum atomic E-state index is 15.4. The van der Waals surface area contributed by atoms with Crippen molar-refractivity contribution in [2.24, 2.45) is 0 Å². The number of nitrogen functional groups attached to an aromatic ring is 1. The fourth-order valence-electron chi connectivity index (χ4n) is 4.54. The van der Waals surface area contributed by atoms with Gasteiger partial charge in [-0.1, -0.05) is 0 Å². The summed E-state index contributed by atoms with van der Waals surface area (Å²) in [5.41, 5.74) is 4.42. The summed E-state index contributed by atoms with van der Waals surface area (Å²) in [5.74, 6) is -3.12. The van der Waals surface area contributed by atoms with E-state index in [4.69, 9.17) is 10.5 Å². The van der Waals surface area contributed by atoms with Gasteiger partial charge in [-0.2, -0.15) is 18.3 Å². The number of ether oxygens (including phenoxy) is 1. The van der Waals surface area contributed by atoms with Crippen molar-refractivity contribution in [2.45, 2.75) is 12.6 Å². The first-order valence-corrected chi connectivity index (χ1v) is 12.4. The van der Waals surface area contributed by atoms with Crippen molar-refractivity contribution in [2.75, 3.05) is 49.2 Å². The molecule has 4 N–H and O–H groups in total. The Morgan fingerprint density at radius 1 is 0.951 bits per heavy atom. The zero-order valence-corrected chi connectivity index (χ0v) is 21.2. The first kappa shape index (κ1) is 28.2. The molecule has 9 nitrogen and oxygen atoms in total. The molecule has 0 saturated carbocycles. The number of nitrogens with two attached hydrogens (primary N) is 1. The largest absolute Gasteiger partial charge is 0.416 e. The second kappa shape index (κ2) is 11.2. The molecule has 3 heterocycles. The lowest BCUT2D eigenvalue weighted by Crippen LogP contribution is -2.37. The molecule has 5 rings (SSSR count). The van der Waals surface area contributed by atoms with E-state index in [2.05, 4.69) is 15.0 Å². The van der Waals surface area contributed by atoms with Gasteiger partial charge in [0, 0.05) is 48.9 Å². The number of benzene rings is 2. The molecule has 0 unspecified atom stereocenters. The molecule has 216 valence electrons. The molecule has 15 heteroatoms. The van der Waals surface area contributed by atoms with Crippen molar-refractivity contribution in [1.82, 2.24) is 19.5 Å². The monoisotopic (exact) mass is 579 g/mol. The fraction of sp³-hybridized carbons (Fsp3) is 0.269. The van der Waals surface area contributed by atoms with Crippen molar-refractivity contribution in [3.63, 3.8) is 0 Å². The Morgan fingerprint density at radius 2 is 1.66 bits per heavy atom. The van der Waals surface area contributed by atoms with Gasteiger partial charge in [-0.15, -0.1) is 0 Å². The molecule has 1 fully saturated rings. The minimum absolute atomic E-state index is 0.0390. The van der Waals surface area contributed by atoms with Crippen molar-refractivity contribution < 1.29 is 35.9 Å². The van der Waals surface area contributed by atoms with Gasteiger partial charge >= 0.3 is 12.2 Å². The Hall–Kier alpha value is -4.37. The standard InChI is InChI=1S/C26H23F6N7O2/c27-18-2-1-14(26(30,31)32)9-21(18)36-25(40)37-22-12-19(28)16(11-20(22)29)17-10-15(3-4-38-5-7-41-8-6-38)39-23(17)24(33)34-13-35-39/h1-2,9-13H,3-8H2,(H2,33,34,35)(H2,36,37,40). The van der Waals surface area contributed by atoms with Crippen molar-refractivity contribution >= 4 is 28.7 Å². The van der Waals surface area contributed by atoms with Crippen LogP contribution in [0.4, 0.5) is 48.3 Å². The summed E-state index contributed by atoms with van der Waals surface area (Å²) < 4.78 is 90.1. The number of rotatable bonds is 6. The maximum Gasteiger partial charge on any atom is 0.416 e. The molecule has 0 bridgehead atoms. The summed E-state index contributed by atoms with van der Waals surface area (Å²) in [5, 5.41) is 8.10. The third-order valence-corrected chi connectivity index (χ3v) is 6.58. The first-order chi connectivity index (χ1) is 19.5. The summed E-state index contributed by atoms with van der Waals surface area (Å²) >= 11 is 0.